The van der Waals surface area contributed by atoms with Crippen LogP contribution in [0.4, 0.5) is 5.69 Å². The molecule has 18 heavy (non-hydrogen) atoms. The van der Waals surface area contributed by atoms with E-state index in [1.165, 1.54) is 24.2 Å². The molecule has 3 rings (SSSR count). The summed E-state index contributed by atoms with van der Waals surface area (Å²) in [6.45, 7) is 0. The molecule has 0 heterocycles. The van der Waals surface area contributed by atoms with Gasteiger partial charge in [0.05, 0.1) is 0 Å². The summed E-state index contributed by atoms with van der Waals surface area (Å²) in [6.07, 6.45) is 7.04. The fraction of sp³-hybridized carbons (Fsp3) is 0.533. The molecule has 3 unspecified atom stereocenters. The van der Waals surface area contributed by atoms with Crippen molar-refractivity contribution in [2.75, 3.05) is 11.6 Å². The second-order valence-electron chi connectivity index (χ2n) is 5.50. The van der Waals surface area contributed by atoms with Crippen LogP contribution < -0.4 is 5.32 Å². The predicted octanol–water partition coefficient (Wildman–Crippen LogP) is 3.78. The Balaban J connectivity index is 1.67. The molecule has 2 saturated carbocycles. The van der Waals surface area contributed by atoms with Gasteiger partial charge < -0.3 is 5.32 Å². The van der Waals surface area contributed by atoms with E-state index < -0.39 is 0 Å². The minimum atomic E-state index is 0.237. The Morgan fingerprint density at radius 3 is 2.89 bits per heavy atom. The summed E-state index contributed by atoms with van der Waals surface area (Å²) >= 11 is 1.70. The normalized spacial score (nSPS) is 29.5. The van der Waals surface area contributed by atoms with Crippen molar-refractivity contribution in [1.29, 1.82) is 0 Å². The van der Waals surface area contributed by atoms with Crippen LogP contribution in [0.25, 0.3) is 0 Å². The number of nitrogens with one attached hydrogen (secondary N) is 1. The molecule has 2 aliphatic carbocycles. The molecule has 0 spiro atoms. The highest BCUT2D eigenvalue weighted by molar-refractivity contribution is 7.98. The molecular formula is C15H19NOS. The smallest absolute Gasteiger partial charge is 0.227 e. The van der Waals surface area contributed by atoms with Crippen LogP contribution >= 0.6 is 11.8 Å². The van der Waals surface area contributed by atoms with E-state index in [0.29, 0.717) is 5.92 Å². The minimum absolute atomic E-state index is 0.237. The van der Waals surface area contributed by atoms with E-state index >= 15 is 0 Å². The van der Waals surface area contributed by atoms with Crippen LogP contribution in [0.15, 0.2) is 29.2 Å². The van der Waals surface area contributed by atoms with Gasteiger partial charge >= 0.3 is 0 Å². The second-order valence-corrected chi connectivity index (χ2v) is 6.38. The Labute approximate surface area is 113 Å². The van der Waals surface area contributed by atoms with Crippen molar-refractivity contribution in [2.24, 2.45) is 17.8 Å². The van der Waals surface area contributed by atoms with Crippen molar-refractivity contribution in [3.63, 3.8) is 0 Å². The molecule has 3 atom stereocenters. The third-order valence-electron chi connectivity index (χ3n) is 4.41. The Kier molecular flexibility index (Phi) is 3.33. The molecule has 1 N–H and O–H groups in total. The molecule has 1 aromatic carbocycles. The maximum atomic E-state index is 12.3. The summed E-state index contributed by atoms with van der Waals surface area (Å²) in [6, 6.07) is 8.10. The average Bonchev–Trinajstić information content (AvgIpc) is 3.01. The van der Waals surface area contributed by atoms with Crippen LogP contribution in [0, 0.1) is 17.8 Å². The molecule has 1 aromatic rings. The van der Waals surface area contributed by atoms with Crippen molar-refractivity contribution >= 4 is 23.4 Å². The van der Waals surface area contributed by atoms with Crippen molar-refractivity contribution in [3.8, 4) is 0 Å². The van der Waals surface area contributed by atoms with E-state index in [0.717, 1.165) is 18.0 Å². The number of anilines is 1. The summed E-state index contributed by atoms with van der Waals surface area (Å²) in [5.74, 6) is 1.98. The quantitative estimate of drug-likeness (QED) is 0.839. The van der Waals surface area contributed by atoms with E-state index in [4.69, 9.17) is 0 Å². The van der Waals surface area contributed by atoms with Gasteiger partial charge in [-0.05, 0) is 55.6 Å². The van der Waals surface area contributed by atoms with Gasteiger partial charge in [-0.25, -0.2) is 0 Å². The SMILES string of the molecule is CSc1cccc(NC(=O)C2CC3CCC2C3)c1. The lowest BCUT2D eigenvalue weighted by atomic mass is 9.88. The molecule has 0 aliphatic heterocycles. The van der Waals surface area contributed by atoms with Crippen LogP contribution in [0.5, 0.6) is 0 Å². The van der Waals surface area contributed by atoms with Gasteiger partial charge in [0, 0.05) is 16.5 Å². The fourth-order valence-corrected chi connectivity index (χ4v) is 3.96. The topological polar surface area (TPSA) is 29.1 Å². The molecule has 2 bridgehead atoms. The minimum Gasteiger partial charge on any atom is -0.326 e. The van der Waals surface area contributed by atoms with Crippen LogP contribution in [-0.4, -0.2) is 12.2 Å². The summed E-state index contributed by atoms with van der Waals surface area (Å²) in [5.41, 5.74) is 0.939. The largest absolute Gasteiger partial charge is 0.326 e. The molecule has 1 amide bonds. The van der Waals surface area contributed by atoms with Gasteiger partial charge in [-0.1, -0.05) is 12.5 Å². The maximum absolute atomic E-state index is 12.3. The van der Waals surface area contributed by atoms with E-state index in [1.807, 2.05) is 12.1 Å². The van der Waals surface area contributed by atoms with Crippen molar-refractivity contribution in [1.82, 2.24) is 0 Å². The van der Waals surface area contributed by atoms with Crippen LogP contribution in [0.2, 0.25) is 0 Å². The van der Waals surface area contributed by atoms with Crippen LogP contribution in [0.1, 0.15) is 25.7 Å². The Hall–Kier alpha value is -0.960. The van der Waals surface area contributed by atoms with Gasteiger partial charge in [-0.15, -0.1) is 11.8 Å². The number of thioether (sulfide) groups is 1. The summed E-state index contributed by atoms with van der Waals surface area (Å²) in [7, 11) is 0. The van der Waals surface area contributed by atoms with E-state index in [-0.39, 0.29) is 11.8 Å². The lowest BCUT2D eigenvalue weighted by Crippen LogP contribution is -2.27. The third kappa shape index (κ3) is 2.28. The zero-order valence-electron chi connectivity index (χ0n) is 10.7. The van der Waals surface area contributed by atoms with Gasteiger partial charge in [0.2, 0.25) is 5.91 Å². The lowest BCUT2D eigenvalue weighted by Gasteiger charge is -2.20. The molecule has 0 aromatic heterocycles. The fourth-order valence-electron chi connectivity index (χ4n) is 3.50. The standard InChI is InChI=1S/C15H19NOS/c1-18-13-4-2-3-12(9-13)16-15(17)14-8-10-5-6-11(14)7-10/h2-4,9-11,14H,5-8H2,1H3,(H,16,17). The van der Waals surface area contributed by atoms with Gasteiger partial charge in [0.1, 0.15) is 0 Å². The Bertz CT molecular complexity index is 460. The molecule has 96 valence electrons. The van der Waals surface area contributed by atoms with Crippen molar-refractivity contribution < 1.29 is 4.79 Å². The van der Waals surface area contributed by atoms with Crippen molar-refractivity contribution in [2.45, 2.75) is 30.6 Å². The monoisotopic (exact) mass is 261 g/mol. The molecule has 2 aliphatic rings. The van der Waals surface area contributed by atoms with E-state index in [2.05, 4.69) is 23.7 Å². The Morgan fingerprint density at radius 2 is 2.22 bits per heavy atom. The highest BCUT2D eigenvalue weighted by atomic mass is 32.2. The first-order chi connectivity index (χ1) is 8.76. The highest BCUT2D eigenvalue weighted by Crippen LogP contribution is 2.48. The molecular weight excluding hydrogens is 242 g/mol. The number of fused-ring (bicyclic) bond motifs is 2. The number of amides is 1. The molecule has 3 heteroatoms. The van der Waals surface area contributed by atoms with Gasteiger partial charge in [0.25, 0.3) is 0 Å². The van der Waals surface area contributed by atoms with Crippen LogP contribution in [-0.2, 0) is 4.79 Å². The molecule has 0 radical (unpaired) electrons. The first kappa shape index (κ1) is 12.1. The molecule has 0 saturated heterocycles. The zero-order valence-corrected chi connectivity index (χ0v) is 11.5. The van der Waals surface area contributed by atoms with Crippen molar-refractivity contribution in [3.05, 3.63) is 24.3 Å². The van der Waals surface area contributed by atoms with Crippen LogP contribution in [0.3, 0.4) is 0 Å². The number of carbonyl (C=O) groups is 1. The lowest BCUT2D eigenvalue weighted by molar-refractivity contribution is -0.121. The van der Waals surface area contributed by atoms with E-state index in [9.17, 15) is 4.79 Å². The zero-order chi connectivity index (χ0) is 12.5. The van der Waals surface area contributed by atoms with E-state index in [1.54, 1.807) is 11.8 Å². The molecule has 2 fully saturated rings. The number of benzene rings is 1. The summed E-state index contributed by atoms with van der Waals surface area (Å²) in [4.78, 5) is 13.5. The van der Waals surface area contributed by atoms with Gasteiger partial charge in [-0.2, -0.15) is 0 Å². The number of hydrogen-bond acceptors (Lipinski definition) is 2. The predicted molar refractivity (Wildman–Crippen MR) is 75.8 cm³/mol. The second kappa shape index (κ2) is 4.96. The summed E-state index contributed by atoms with van der Waals surface area (Å²) < 4.78 is 0. The molecule has 2 nitrogen and oxygen atoms in total. The number of rotatable bonds is 3. The number of hydrogen-bond donors (Lipinski definition) is 1. The maximum Gasteiger partial charge on any atom is 0.227 e. The van der Waals surface area contributed by atoms with Gasteiger partial charge in [-0.3, -0.25) is 4.79 Å². The third-order valence-corrected chi connectivity index (χ3v) is 5.14. The van der Waals surface area contributed by atoms with Gasteiger partial charge in [0.15, 0.2) is 0 Å². The average molecular weight is 261 g/mol. The number of carbonyl (C=O) groups excluding carboxylic acids is 1. The first-order valence-corrected chi connectivity index (χ1v) is 7.93. The first-order valence-electron chi connectivity index (χ1n) is 6.71. The summed E-state index contributed by atoms with van der Waals surface area (Å²) in [5, 5.41) is 3.09. The Morgan fingerprint density at radius 1 is 1.33 bits per heavy atom. The highest BCUT2D eigenvalue weighted by Gasteiger charge is 2.42.